The number of hydrogen-bond donors (Lipinski definition) is 2. The Morgan fingerprint density at radius 3 is 2.76 bits per heavy atom. The summed E-state index contributed by atoms with van der Waals surface area (Å²) in [7, 11) is 0. The van der Waals surface area contributed by atoms with Crippen LogP contribution in [0, 0.1) is 6.92 Å². The number of nitrogens with zero attached hydrogens (tertiary/aromatic N) is 1. The lowest BCUT2D eigenvalue weighted by Crippen LogP contribution is -2.17. The maximum atomic E-state index is 11.9. The predicted molar refractivity (Wildman–Crippen MR) is 97.1 cm³/mol. The predicted octanol–water partition coefficient (Wildman–Crippen LogP) is 4.38. The van der Waals surface area contributed by atoms with Gasteiger partial charge in [-0.1, -0.05) is 35.9 Å². The Bertz CT molecular complexity index is 947. The SMILES string of the molecule is Cc1ccc(-c2ccc(/C=N/NC(=O)c3ccccc3O)o2)cc1Cl. The molecule has 2 N–H and O–H groups in total. The third-order valence-corrected chi connectivity index (χ3v) is 4.00. The van der Waals surface area contributed by atoms with E-state index in [2.05, 4.69) is 10.5 Å². The lowest BCUT2D eigenvalue weighted by molar-refractivity contribution is 0.0952. The lowest BCUT2D eigenvalue weighted by Gasteiger charge is -2.01. The molecule has 0 aliphatic carbocycles. The number of para-hydroxylation sites is 1. The summed E-state index contributed by atoms with van der Waals surface area (Å²) >= 11 is 6.12. The van der Waals surface area contributed by atoms with Crippen LogP contribution in [0.4, 0.5) is 0 Å². The van der Waals surface area contributed by atoms with Gasteiger partial charge in [0.15, 0.2) is 0 Å². The first-order valence-corrected chi connectivity index (χ1v) is 7.90. The first kappa shape index (κ1) is 16.8. The second-order valence-corrected chi connectivity index (χ2v) is 5.79. The molecule has 0 saturated carbocycles. The van der Waals surface area contributed by atoms with Gasteiger partial charge in [0.2, 0.25) is 0 Å². The molecule has 1 amide bonds. The highest BCUT2D eigenvalue weighted by atomic mass is 35.5. The molecule has 126 valence electrons. The number of aromatic hydroxyl groups is 1. The zero-order valence-corrected chi connectivity index (χ0v) is 14.1. The number of phenols is 1. The lowest BCUT2D eigenvalue weighted by atomic mass is 10.1. The Balaban J connectivity index is 1.69. The van der Waals surface area contributed by atoms with Crippen LogP contribution in [-0.2, 0) is 0 Å². The number of halogens is 1. The summed E-state index contributed by atoms with van der Waals surface area (Å²) in [5.41, 5.74) is 4.34. The third-order valence-electron chi connectivity index (χ3n) is 3.59. The molecule has 0 aliphatic rings. The van der Waals surface area contributed by atoms with Gasteiger partial charge in [0, 0.05) is 10.6 Å². The van der Waals surface area contributed by atoms with E-state index in [9.17, 15) is 9.90 Å². The van der Waals surface area contributed by atoms with Crippen LogP contribution in [0.5, 0.6) is 5.75 Å². The van der Waals surface area contributed by atoms with Crippen LogP contribution in [0.25, 0.3) is 11.3 Å². The fourth-order valence-corrected chi connectivity index (χ4v) is 2.38. The van der Waals surface area contributed by atoms with Gasteiger partial charge >= 0.3 is 0 Å². The second-order valence-electron chi connectivity index (χ2n) is 5.38. The Labute approximate surface area is 149 Å². The number of carbonyl (C=O) groups is 1. The molecule has 6 heteroatoms. The number of furan rings is 1. The molecule has 0 spiro atoms. The number of nitrogens with one attached hydrogen (secondary N) is 1. The second kappa shape index (κ2) is 7.23. The number of amides is 1. The van der Waals surface area contributed by atoms with Crippen molar-refractivity contribution in [1.82, 2.24) is 5.43 Å². The fraction of sp³-hybridized carbons (Fsp3) is 0.0526. The van der Waals surface area contributed by atoms with Crippen LogP contribution < -0.4 is 5.43 Å². The third kappa shape index (κ3) is 3.89. The Morgan fingerprint density at radius 1 is 1.20 bits per heavy atom. The molecule has 1 heterocycles. The van der Waals surface area contributed by atoms with Crippen molar-refractivity contribution < 1.29 is 14.3 Å². The van der Waals surface area contributed by atoms with Gasteiger partial charge in [-0.25, -0.2) is 5.43 Å². The molecular weight excluding hydrogens is 340 g/mol. The van der Waals surface area contributed by atoms with Crippen LogP contribution in [-0.4, -0.2) is 17.2 Å². The van der Waals surface area contributed by atoms with E-state index in [4.69, 9.17) is 16.0 Å². The van der Waals surface area contributed by atoms with Gasteiger partial charge in [0.25, 0.3) is 5.91 Å². The summed E-state index contributed by atoms with van der Waals surface area (Å²) in [6.07, 6.45) is 1.39. The van der Waals surface area contributed by atoms with Crippen molar-refractivity contribution in [3.8, 4) is 17.1 Å². The fourth-order valence-electron chi connectivity index (χ4n) is 2.20. The van der Waals surface area contributed by atoms with Crippen LogP contribution in [0.1, 0.15) is 21.7 Å². The standard InChI is InChI=1S/C19H15ClN2O3/c1-12-6-7-13(10-16(12)20)18-9-8-14(25-18)11-21-22-19(24)15-4-2-3-5-17(15)23/h2-11,23H,1H3,(H,22,24)/b21-11+. The first-order chi connectivity index (χ1) is 12.0. The largest absolute Gasteiger partial charge is 0.507 e. The van der Waals surface area contributed by atoms with Crippen molar-refractivity contribution in [2.75, 3.05) is 0 Å². The van der Waals surface area contributed by atoms with E-state index in [1.165, 1.54) is 18.3 Å². The smallest absolute Gasteiger partial charge is 0.275 e. The average Bonchev–Trinajstić information content (AvgIpc) is 3.06. The summed E-state index contributed by atoms with van der Waals surface area (Å²) in [6, 6.07) is 15.4. The van der Waals surface area contributed by atoms with E-state index in [0.29, 0.717) is 16.5 Å². The molecule has 1 aromatic heterocycles. The molecule has 0 fully saturated rings. The molecule has 0 atom stereocenters. The first-order valence-electron chi connectivity index (χ1n) is 7.52. The minimum Gasteiger partial charge on any atom is -0.507 e. The average molecular weight is 355 g/mol. The van der Waals surface area contributed by atoms with Crippen molar-refractivity contribution in [2.45, 2.75) is 6.92 Å². The van der Waals surface area contributed by atoms with Gasteiger partial charge in [-0.05, 0) is 42.8 Å². The number of hydrogen-bond acceptors (Lipinski definition) is 4. The molecule has 3 aromatic rings. The van der Waals surface area contributed by atoms with E-state index in [-0.39, 0.29) is 11.3 Å². The summed E-state index contributed by atoms with van der Waals surface area (Å²) in [5, 5.41) is 14.1. The Kier molecular flexibility index (Phi) is 4.86. The van der Waals surface area contributed by atoms with Gasteiger partial charge in [0.05, 0.1) is 11.8 Å². The molecule has 0 saturated heterocycles. The quantitative estimate of drug-likeness (QED) is 0.539. The van der Waals surface area contributed by atoms with E-state index in [1.54, 1.807) is 24.3 Å². The van der Waals surface area contributed by atoms with Gasteiger partial charge in [-0.15, -0.1) is 0 Å². The minimum absolute atomic E-state index is 0.105. The molecule has 0 unspecified atom stereocenters. The highest BCUT2D eigenvalue weighted by molar-refractivity contribution is 6.31. The van der Waals surface area contributed by atoms with E-state index in [0.717, 1.165) is 11.1 Å². The zero-order chi connectivity index (χ0) is 17.8. The molecular formula is C19H15ClN2O3. The number of aryl methyl sites for hydroxylation is 1. The molecule has 0 radical (unpaired) electrons. The summed E-state index contributed by atoms with van der Waals surface area (Å²) in [5.74, 6) is 0.512. The van der Waals surface area contributed by atoms with Crippen LogP contribution in [0.3, 0.4) is 0 Å². The van der Waals surface area contributed by atoms with Gasteiger partial charge in [0.1, 0.15) is 17.3 Å². The van der Waals surface area contributed by atoms with E-state index >= 15 is 0 Å². The van der Waals surface area contributed by atoms with Gasteiger partial charge in [-0.3, -0.25) is 4.79 Å². The number of rotatable bonds is 4. The highest BCUT2D eigenvalue weighted by Crippen LogP contribution is 2.26. The maximum Gasteiger partial charge on any atom is 0.275 e. The molecule has 0 bridgehead atoms. The van der Waals surface area contributed by atoms with E-state index in [1.807, 2.05) is 25.1 Å². The molecule has 2 aromatic carbocycles. The van der Waals surface area contributed by atoms with Crippen molar-refractivity contribution in [3.05, 3.63) is 76.5 Å². The van der Waals surface area contributed by atoms with Crippen LogP contribution >= 0.6 is 11.6 Å². The van der Waals surface area contributed by atoms with Crippen LogP contribution in [0.2, 0.25) is 5.02 Å². The highest BCUT2D eigenvalue weighted by Gasteiger charge is 2.09. The van der Waals surface area contributed by atoms with Crippen LogP contribution in [0.15, 0.2) is 64.1 Å². The van der Waals surface area contributed by atoms with Crippen molar-refractivity contribution in [1.29, 1.82) is 0 Å². The zero-order valence-electron chi connectivity index (χ0n) is 13.4. The summed E-state index contributed by atoms with van der Waals surface area (Å²) in [4.78, 5) is 11.9. The van der Waals surface area contributed by atoms with Crippen molar-refractivity contribution >= 4 is 23.7 Å². The number of hydrazone groups is 1. The molecule has 3 rings (SSSR count). The Hall–Kier alpha value is -3.05. The minimum atomic E-state index is -0.508. The number of carbonyl (C=O) groups excluding carboxylic acids is 1. The van der Waals surface area contributed by atoms with E-state index < -0.39 is 5.91 Å². The topological polar surface area (TPSA) is 74.8 Å². The van der Waals surface area contributed by atoms with Gasteiger partial charge < -0.3 is 9.52 Å². The summed E-state index contributed by atoms with van der Waals surface area (Å²) in [6.45, 7) is 1.93. The molecule has 5 nitrogen and oxygen atoms in total. The molecule has 25 heavy (non-hydrogen) atoms. The Morgan fingerprint density at radius 2 is 2.00 bits per heavy atom. The monoisotopic (exact) mass is 354 g/mol. The maximum absolute atomic E-state index is 11.9. The molecule has 0 aliphatic heterocycles. The summed E-state index contributed by atoms with van der Waals surface area (Å²) < 4.78 is 5.67. The van der Waals surface area contributed by atoms with Crippen molar-refractivity contribution in [3.63, 3.8) is 0 Å². The number of phenolic OH excluding ortho intramolecular Hbond substituents is 1. The number of benzene rings is 2. The van der Waals surface area contributed by atoms with Crippen molar-refractivity contribution in [2.24, 2.45) is 5.10 Å². The normalized spacial score (nSPS) is 11.0. The van der Waals surface area contributed by atoms with Gasteiger partial charge in [-0.2, -0.15) is 5.10 Å².